The van der Waals surface area contributed by atoms with Crippen molar-refractivity contribution in [2.75, 3.05) is 7.05 Å². The van der Waals surface area contributed by atoms with E-state index in [1.54, 1.807) is 0 Å². The molecule has 0 rings (SSSR count). The molecular weight excluding hydrogens is 190 g/mol. The maximum atomic E-state index is 8.71. The van der Waals surface area contributed by atoms with E-state index in [0.717, 1.165) is 6.42 Å². The highest BCUT2D eigenvalue weighted by atomic mass is 16.4. The van der Waals surface area contributed by atoms with Gasteiger partial charge < -0.3 is 10.9 Å². The lowest BCUT2D eigenvalue weighted by Gasteiger charge is -2.39. The highest BCUT2D eigenvalue weighted by Crippen LogP contribution is 2.25. The first kappa shape index (κ1) is 14.2. The van der Waals surface area contributed by atoms with Crippen molar-refractivity contribution in [3.05, 3.63) is 0 Å². The van der Waals surface area contributed by atoms with Crippen LogP contribution in [0.2, 0.25) is 0 Å². The second-order valence-electron chi connectivity index (χ2n) is 5.16. The highest BCUT2D eigenvalue weighted by Gasteiger charge is 2.29. The fourth-order valence-corrected chi connectivity index (χ4v) is 1.65. The summed E-state index contributed by atoms with van der Waals surface area (Å²) in [6, 6.07) is 0.368. The highest BCUT2D eigenvalue weighted by molar-refractivity contribution is 5.85. The molecule has 2 atom stereocenters. The second kappa shape index (κ2) is 5.35. The lowest BCUT2D eigenvalue weighted by atomic mass is 9.86. The van der Waals surface area contributed by atoms with Crippen LogP contribution in [0.5, 0.6) is 0 Å². The summed E-state index contributed by atoms with van der Waals surface area (Å²) >= 11 is 0. The summed E-state index contributed by atoms with van der Waals surface area (Å²) < 4.78 is 0. The van der Waals surface area contributed by atoms with Crippen LogP contribution in [0.25, 0.3) is 0 Å². The van der Waals surface area contributed by atoms with Gasteiger partial charge in [-0.15, -0.1) is 0 Å². The van der Waals surface area contributed by atoms with Crippen molar-refractivity contribution in [3.8, 4) is 0 Å². The minimum Gasteiger partial charge on any atom is -0.409 e. The lowest BCUT2D eigenvalue weighted by molar-refractivity contribution is 0.119. The van der Waals surface area contributed by atoms with Gasteiger partial charge in [-0.3, -0.25) is 4.90 Å². The van der Waals surface area contributed by atoms with Crippen LogP contribution in [-0.2, 0) is 0 Å². The van der Waals surface area contributed by atoms with Crippen LogP contribution in [-0.4, -0.2) is 35.1 Å². The average Bonchev–Trinajstić information content (AvgIpc) is 2.15. The van der Waals surface area contributed by atoms with E-state index in [9.17, 15) is 0 Å². The molecule has 0 fully saturated rings. The van der Waals surface area contributed by atoms with E-state index in [-0.39, 0.29) is 17.3 Å². The summed E-state index contributed by atoms with van der Waals surface area (Å²) in [6.45, 7) is 10.8. The first-order valence-corrected chi connectivity index (χ1v) is 5.45. The van der Waals surface area contributed by atoms with E-state index < -0.39 is 0 Å². The maximum Gasteiger partial charge on any atom is 0.156 e. The van der Waals surface area contributed by atoms with Gasteiger partial charge in [0.2, 0.25) is 0 Å². The topological polar surface area (TPSA) is 61.9 Å². The number of oxime groups is 1. The Morgan fingerprint density at radius 1 is 1.47 bits per heavy atom. The van der Waals surface area contributed by atoms with Gasteiger partial charge in [-0.1, -0.05) is 32.9 Å². The van der Waals surface area contributed by atoms with Crippen molar-refractivity contribution in [1.82, 2.24) is 4.90 Å². The van der Waals surface area contributed by atoms with Crippen molar-refractivity contribution < 1.29 is 5.21 Å². The SMILES string of the molecule is CCC(C(N)=NO)N(C)C(C)C(C)(C)C. The summed E-state index contributed by atoms with van der Waals surface area (Å²) in [4.78, 5) is 2.16. The number of nitrogens with zero attached hydrogens (tertiary/aromatic N) is 2. The summed E-state index contributed by atoms with van der Waals surface area (Å²) in [5, 5.41) is 11.8. The van der Waals surface area contributed by atoms with E-state index in [2.05, 4.69) is 37.8 Å². The van der Waals surface area contributed by atoms with E-state index in [4.69, 9.17) is 10.9 Å². The zero-order chi connectivity index (χ0) is 12.2. The minimum atomic E-state index is 0.00391. The number of hydrogen-bond acceptors (Lipinski definition) is 3. The number of rotatable bonds is 4. The number of nitrogens with two attached hydrogens (primary N) is 1. The predicted molar refractivity (Wildman–Crippen MR) is 64.2 cm³/mol. The molecular formula is C11H25N3O. The molecule has 2 unspecified atom stereocenters. The minimum absolute atomic E-state index is 0.00391. The first-order chi connectivity index (χ1) is 6.75. The van der Waals surface area contributed by atoms with Crippen LogP contribution in [0.4, 0.5) is 0 Å². The van der Waals surface area contributed by atoms with Crippen molar-refractivity contribution in [2.45, 2.75) is 53.1 Å². The van der Waals surface area contributed by atoms with Gasteiger partial charge in [-0.2, -0.15) is 0 Å². The molecule has 0 saturated carbocycles. The Morgan fingerprint density at radius 2 is 1.93 bits per heavy atom. The first-order valence-electron chi connectivity index (χ1n) is 5.45. The normalized spacial score (nSPS) is 17.9. The standard InChI is InChI=1S/C11H25N3O/c1-7-9(10(12)13-15)14(6)8(2)11(3,4)5/h8-9,15H,7H2,1-6H3,(H2,12,13). The molecule has 0 aromatic rings. The quantitative estimate of drug-likeness (QED) is 0.326. The Morgan fingerprint density at radius 3 is 2.20 bits per heavy atom. The number of likely N-dealkylation sites (N-methyl/N-ethyl adjacent to an activating group) is 1. The fraction of sp³-hybridized carbons (Fsp3) is 0.909. The Balaban J connectivity index is 4.73. The molecule has 3 N–H and O–H groups in total. The molecule has 0 aliphatic rings. The number of hydrogen-bond donors (Lipinski definition) is 2. The summed E-state index contributed by atoms with van der Waals surface area (Å²) in [5.74, 6) is 0.288. The third kappa shape index (κ3) is 3.70. The monoisotopic (exact) mass is 215 g/mol. The van der Waals surface area contributed by atoms with Crippen molar-refractivity contribution >= 4 is 5.84 Å². The summed E-state index contributed by atoms with van der Waals surface area (Å²) in [5.41, 5.74) is 5.85. The molecule has 0 aliphatic heterocycles. The van der Waals surface area contributed by atoms with Crippen molar-refractivity contribution in [2.24, 2.45) is 16.3 Å². The molecule has 0 spiro atoms. The Labute approximate surface area is 93.1 Å². The summed E-state index contributed by atoms with van der Waals surface area (Å²) in [7, 11) is 2.02. The van der Waals surface area contributed by atoms with Crippen LogP contribution in [0.15, 0.2) is 5.16 Å². The summed E-state index contributed by atoms with van der Waals surface area (Å²) in [6.07, 6.45) is 0.840. The molecule has 0 heterocycles. The van der Waals surface area contributed by atoms with Crippen LogP contribution in [0.1, 0.15) is 41.0 Å². The largest absolute Gasteiger partial charge is 0.409 e. The van der Waals surface area contributed by atoms with Gasteiger partial charge in [0.05, 0.1) is 6.04 Å². The van der Waals surface area contributed by atoms with Crippen LogP contribution < -0.4 is 5.73 Å². The van der Waals surface area contributed by atoms with Gasteiger partial charge in [-0.25, -0.2) is 0 Å². The van der Waals surface area contributed by atoms with Gasteiger partial charge in [-0.05, 0) is 25.8 Å². The van der Waals surface area contributed by atoms with E-state index in [1.807, 2.05) is 14.0 Å². The predicted octanol–water partition coefficient (Wildman–Crippen LogP) is 1.88. The third-order valence-electron chi connectivity index (χ3n) is 3.20. The molecule has 15 heavy (non-hydrogen) atoms. The molecule has 0 amide bonds. The molecule has 90 valence electrons. The smallest absolute Gasteiger partial charge is 0.156 e. The molecule has 0 aromatic carbocycles. The Kier molecular flexibility index (Phi) is 5.08. The van der Waals surface area contributed by atoms with Gasteiger partial charge >= 0.3 is 0 Å². The molecule has 0 bridgehead atoms. The molecule has 4 nitrogen and oxygen atoms in total. The van der Waals surface area contributed by atoms with Gasteiger partial charge in [0.1, 0.15) is 0 Å². The molecule has 0 aromatic heterocycles. The Hall–Kier alpha value is -0.770. The van der Waals surface area contributed by atoms with Crippen molar-refractivity contribution in [3.63, 3.8) is 0 Å². The zero-order valence-electron chi connectivity index (χ0n) is 10.8. The van der Waals surface area contributed by atoms with Gasteiger partial charge in [0.15, 0.2) is 5.84 Å². The molecule has 0 saturated heterocycles. The number of amidine groups is 1. The van der Waals surface area contributed by atoms with Crippen molar-refractivity contribution in [1.29, 1.82) is 0 Å². The zero-order valence-corrected chi connectivity index (χ0v) is 10.8. The van der Waals surface area contributed by atoms with Crippen LogP contribution >= 0.6 is 0 Å². The Bertz CT molecular complexity index is 220. The van der Waals surface area contributed by atoms with E-state index in [0.29, 0.717) is 6.04 Å². The fourth-order valence-electron chi connectivity index (χ4n) is 1.65. The van der Waals surface area contributed by atoms with E-state index >= 15 is 0 Å². The second-order valence-corrected chi connectivity index (χ2v) is 5.16. The van der Waals surface area contributed by atoms with Crippen LogP contribution in [0.3, 0.4) is 0 Å². The lowest BCUT2D eigenvalue weighted by Crippen LogP contribution is -2.50. The van der Waals surface area contributed by atoms with Crippen LogP contribution in [0, 0.1) is 5.41 Å². The molecule has 4 heteroatoms. The molecule has 0 radical (unpaired) electrons. The molecule has 0 aliphatic carbocycles. The average molecular weight is 215 g/mol. The van der Waals surface area contributed by atoms with E-state index in [1.165, 1.54) is 0 Å². The third-order valence-corrected chi connectivity index (χ3v) is 3.20. The van der Waals surface area contributed by atoms with Gasteiger partial charge in [0, 0.05) is 6.04 Å². The maximum absolute atomic E-state index is 8.71. The van der Waals surface area contributed by atoms with Gasteiger partial charge in [0.25, 0.3) is 0 Å².